The van der Waals surface area contributed by atoms with Crippen molar-refractivity contribution in [2.75, 3.05) is 19.3 Å². The molecule has 0 radical (unpaired) electrons. The Labute approximate surface area is 125 Å². The van der Waals surface area contributed by atoms with Gasteiger partial charge in [0.2, 0.25) is 10.0 Å². The van der Waals surface area contributed by atoms with Gasteiger partial charge in [0.05, 0.1) is 4.90 Å². The number of hydrogen-bond acceptors (Lipinski definition) is 4. The molecular weight excluding hydrogens is 292 g/mol. The maximum atomic E-state index is 12.4. The van der Waals surface area contributed by atoms with E-state index in [2.05, 4.69) is 10.0 Å². The van der Waals surface area contributed by atoms with E-state index in [1.54, 1.807) is 12.1 Å². The summed E-state index contributed by atoms with van der Waals surface area (Å²) in [5.74, 6) is 1.14. The predicted octanol–water partition coefficient (Wildman–Crippen LogP) is 1.97. The van der Waals surface area contributed by atoms with E-state index < -0.39 is 10.0 Å². The van der Waals surface area contributed by atoms with Crippen LogP contribution in [0.25, 0.3) is 0 Å². The van der Waals surface area contributed by atoms with E-state index in [0.29, 0.717) is 23.2 Å². The molecule has 0 amide bonds. The second kappa shape index (κ2) is 7.45. The Balaban J connectivity index is 2.05. The van der Waals surface area contributed by atoms with Gasteiger partial charge in [-0.1, -0.05) is 24.6 Å². The molecule has 2 N–H and O–H groups in total. The highest BCUT2D eigenvalue weighted by atomic mass is 32.2. The largest absolute Gasteiger partial charge is 0.316 e. The molecule has 1 aliphatic rings. The lowest BCUT2D eigenvalue weighted by Crippen LogP contribution is -2.32. The van der Waals surface area contributed by atoms with Crippen LogP contribution >= 0.6 is 11.8 Å². The molecule has 1 unspecified atom stereocenters. The molecule has 1 heterocycles. The van der Waals surface area contributed by atoms with Gasteiger partial charge in [0.25, 0.3) is 0 Å². The third kappa shape index (κ3) is 4.22. The third-order valence-corrected chi connectivity index (χ3v) is 6.33. The van der Waals surface area contributed by atoms with Crippen molar-refractivity contribution < 1.29 is 8.42 Å². The van der Waals surface area contributed by atoms with Gasteiger partial charge in [-0.05, 0) is 37.3 Å². The zero-order valence-corrected chi connectivity index (χ0v) is 13.4. The van der Waals surface area contributed by atoms with E-state index in [9.17, 15) is 8.42 Å². The molecule has 20 heavy (non-hydrogen) atoms. The van der Waals surface area contributed by atoms with E-state index in [-0.39, 0.29) is 0 Å². The van der Waals surface area contributed by atoms with Gasteiger partial charge in [-0.3, -0.25) is 0 Å². The monoisotopic (exact) mass is 314 g/mol. The fourth-order valence-corrected chi connectivity index (χ4v) is 5.01. The molecule has 0 bridgehead atoms. The second-order valence-corrected chi connectivity index (χ2v) is 8.12. The summed E-state index contributed by atoms with van der Waals surface area (Å²) < 4.78 is 27.6. The molecule has 1 atom stereocenters. The molecule has 0 aliphatic carbocycles. The summed E-state index contributed by atoms with van der Waals surface area (Å²) in [4.78, 5) is 0.384. The molecule has 1 aliphatic heterocycles. The predicted molar refractivity (Wildman–Crippen MR) is 84.5 cm³/mol. The van der Waals surface area contributed by atoms with Gasteiger partial charge < -0.3 is 5.32 Å². The van der Waals surface area contributed by atoms with Crippen molar-refractivity contribution in [3.63, 3.8) is 0 Å². The Morgan fingerprint density at radius 2 is 2.10 bits per heavy atom. The van der Waals surface area contributed by atoms with Gasteiger partial charge in [-0.15, -0.1) is 0 Å². The molecule has 0 aromatic heterocycles. The smallest absolute Gasteiger partial charge is 0.240 e. The lowest BCUT2D eigenvalue weighted by molar-refractivity contribution is 0.572. The topological polar surface area (TPSA) is 58.2 Å². The first-order chi connectivity index (χ1) is 9.63. The lowest BCUT2D eigenvalue weighted by Gasteiger charge is -2.21. The Morgan fingerprint density at radius 3 is 2.80 bits per heavy atom. The highest BCUT2D eigenvalue weighted by Crippen LogP contribution is 2.25. The summed E-state index contributed by atoms with van der Waals surface area (Å²) in [6.45, 7) is 1.08. The SMILES string of the molecule is CNCc1ccccc1S(=O)(=O)NCC1CCCCS1. The first-order valence-electron chi connectivity index (χ1n) is 6.97. The van der Waals surface area contributed by atoms with E-state index >= 15 is 0 Å². The van der Waals surface area contributed by atoms with Gasteiger partial charge in [0, 0.05) is 18.3 Å². The van der Waals surface area contributed by atoms with Crippen LogP contribution in [0.3, 0.4) is 0 Å². The van der Waals surface area contributed by atoms with Gasteiger partial charge in [0.15, 0.2) is 0 Å². The Hall–Kier alpha value is -0.560. The highest BCUT2D eigenvalue weighted by molar-refractivity contribution is 8.00. The van der Waals surface area contributed by atoms with Crippen molar-refractivity contribution in [3.05, 3.63) is 29.8 Å². The Bertz CT molecular complexity index is 526. The van der Waals surface area contributed by atoms with Crippen LogP contribution in [0.4, 0.5) is 0 Å². The summed E-state index contributed by atoms with van der Waals surface area (Å²) >= 11 is 1.87. The van der Waals surface area contributed by atoms with Gasteiger partial charge >= 0.3 is 0 Å². The summed E-state index contributed by atoms with van der Waals surface area (Å²) in [5, 5.41) is 3.42. The molecular formula is C14H22N2O2S2. The van der Waals surface area contributed by atoms with Crippen LogP contribution in [0.1, 0.15) is 24.8 Å². The number of rotatable bonds is 6. The first kappa shape index (κ1) is 15.8. The van der Waals surface area contributed by atoms with E-state index in [4.69, 9.17) is 0 Å². The molecule has 2 rings (SSSR count). The van der Waals surface area contributed by atoms with Crippen LogP contribution in [0, 0.1) is 0 Å². The summed E-state index contributed by atoms with van der Waals surface area (Å²) in [7, 11) is -1.60. The summed E-state index contributed by atoms with van der Waals surface area (Å²) in [6, 6.07) is 7.15. The van der Waals surface area contributed by atoms with Crippen molar-refractivity contribution in [3.8, 4) is 0 Å². The van der Waals surface area contributed by atoms with Crippen LogP contribution < -0.4 is 10.0 Å². The molecule has 0 spiro atoms. The zero-order valence-electron chi connectivity index (χ0n) is 11.8. The third-order valence-electron chi connectivity index (χ3n) is 3.40. The van der Waals surface area contributed by atoms with Crippen molar-refractivity contribution in [1.82, 2.24) is 10.0 Å². The summed E-state index contributed by atoms with van der Waals surface area (Å²) in [5.41, 5.74) is 0.804. The maximum Gasteiger partial charge on any atom is 0.240 e. The molecule has 4 nitrogen and oxygen atoms in total. The highest BCUT2D eigenvalue weighted by Gasteiger charge is 2.21. The number of nitrogens with one attached hydrogen (secondary N) is 2. The molecule has 6 heteroatoms. The molecule has 1 saturated heterocycles. The zero-order chi connectivity index (χ0) is 14.4. The van der Waals surface area contributed by atoms with Crippen molar-refractivity contribution >= 4 is 21.8 Å². The molecule has 1 aromatic rings. The van der Waals surface area contributed by atoms with Gasteiger partial charge in [-0.25, -0.2) is 13.1 Å². The number of benzene rings is 1. The molecule has 1 aromatic carbocycles. The minimum absolute atomic E-state index is 0.384. The standard InChI is InChI=1S/C14H22N2O2S2/c1-15-10-12-6-2-3-8-14(12)20(17,18)16-11-13-7-4-5-9-19-13/h2-3,6,8,13,15-16H,4-5,7,9-11H2,1H3. The lowest BCUT2D eigenvalue weighted by atomic mass is 10.2. The van der Waals surface area contributed by atoms with Crippen molar-refractivity contribution in [2.45, 2.75) is 36.0 Å². The van der Waals surface area contributed by atoms with Crippen molar-refractivity contribution in [1.29, 1.82) is 0 Å². The number of sulfonamides is 1. The van der Waals surface area contributed by atoms with Gasteiger partial charge in [-0.2, -0.15) is 11.8 Å². The quantitative estimate of drug-likeness (QED) is 0.843. The van der Waals surface area contributed by atoms with Gasteiger partial charge in [0.1, 0.15) is 0 Å². The number of hydrogen-bond donors (Lipinski definition) is 2. The average molecular weight is 314 g/mol. The minimum atomic E-state index is -3.42. The van der Waals surface area contributed by atoms with Crippen molar-refractivity contribution in [2.24, 2.45) is 0 Å². The van der Waals surface area contributed by atoms with Crippen LogP contribution in [0.2, 0.25) is 0 Å². The normalized spacial score (nSPS) is 19.9. The fourth-order valence-electron chi connectivity index (χ4n) is 2.35. The second-order valence-electron chi connectivity index (χ2n) is 4.98. The van der Waals surface area contributed by atoms with Crippen LogP contribution in [-0.2, 0) is 16.6 Å². The van der Waals surface area contributed by atoms with E-state index in [0.717, 1.165) is 17.7 Å². The Kier molecular flexibility index (Phi) is 5.89. The minimum Gasteiger partial charge on any atom is -0.316 e. The Morgan fingerprint density at radius 1 is 1.30 bits per heavy atom. The van der Waals surface area contributed by atoms with Crippen LogP contribution in [0.5, 0.6) is 0 Å². The number of thioether (sulfide) groups is 1. The maximum absolute atomic E-state index is 12.4. The van der Waals surface area contributed by atoms with Crippen LogP contribution in [0.15, 0.2) is 29.2 Å². The van der Waals surface area contributed by atoms with E-state index in [1.807, 2.05) is 30.9 Å². The fraction of sp³-hybridized carbons (Fsp3) is 0.571. The van der Waals surface area contributed by atoms with Crippen LogP contribution in [-0.4, -0.2) is 33.0 Å². The first-order valence-corrected chi connectivity index (χ1v) is 9.50. The molecule has 0 saturated carbocycles. The average Bonchev–Trinajstić information content (AvgIpc) is 2.47. The molecule has 112 valence electrons. The molecule has 1 fully saturated rings. The summed E-state index contributed by atoms with van der Waals surface area (Å²) in [6.07, 6.45) is 3.56. The van der Waals surface area contributed by atoms with E-state index in [1.165, 1.54) is 12.8 Å².